The summed E-state index contributed by atoms with van der Waals surface area (Å²) >= 11 is 0. The van der Waals surface area contributed by atoms with Crippen LogP contribution in [0.5, 0.6) is 0 Å². The van der Waals surface area contributed by atoms with Crippen LogP contribution in [0.15, 0.2) is 18.2 Å². The Kier molecular flexibility index (Phi) is 2.83. The van der Waals surface area contributed by atoms with E-state index in [4.69, 9.17) is 16.6 Å². The van der Waals surface area contributed by atoms with Gasteiger partial charge in [0.25, 0.3) is 0 Å². The lowest BCUT2D eigenvalue weighted by molar-refractivity contribution is -0.139. The van der Waals surface area contributed by atoms with Gasteiger partial charge in [-0.2, -0.15) is 0 Å². The maximum absolute atomic E-state index is 11.2. The Balaban J connectivity index is 2.27. The number of aliphatic carboxylic acids is 1. The van der Waals surface area contributed by atoms with E-state index >= 15 is 0 Å². The van der Waals surface area contributed by atoms with Crippen molar-refractivity contribution in [3.8, 4) is 0 Å². The highest BCUT2D eigenvalue weighted by molar-refractivity contribution is 5.99. The fraction of sp³-hybridized carbons (Fsp3) is 0.273. The van der Waals surface area contributed by atoms with Crippen LogP contribution in [-0.4, -0.2) is 23.0 Å². The number of carbonyl (C=O) groups is 2. The molecule has 6 nitrogen and oxygen atoms in total. The number of amides is 1. The first-order valence-electron chi connectivity index (χ1n) is 5.15. The molecule has 1 heterocycles. The first-order valence-corrected chi connectivity index (χ1v) is 5.15. The van der Waals surface area contributed by atoms with Crippen molar-refractivity contribution in [2.75, 3.05) is 5.32 Å². The minimum Gasteiger partial charge on any atom is -0.480 e. The van der Waals surface area contributed by atoms with Crippen LogP contribution in [0.2, 0.25) is 0 Å². The van der Waals surface area contributed by atoms with Crippen LogP contribution in [0.4, 0.5) is 5.69 Å². The zero-order valence-electron chi connectivity index (χ0n) is 9.01. The number of carboxylic acids is 1. The van der Waals surface area contributed by atoms with Crippen molar-refractivity contribution in [2.45, 2.75) is 18.5 Å². The van der Waals surface area contributed by atoms with Crippen LogP contribution in [0.3, 0.4) is 0 Å². The topological polar surface area (TPSA) is 118 Å². The Labute approximate surface area is 97.6 Å². The van der Waals surface area contributed by atoms with Crippen molar-refractivity contribution in [1.82, 2.24) is 0 Å². The minimum atomic E-state index is -1.15. The number of hydrogen-bond acceptors (Lipinski definition) is 4. The van der Waals surface area contributed by atoms with Gasteiger partial charge in [-0.3, -0.25) is 9.59 Å². The average molecular weight is 235 g/mol. The van der Waals surface area contributed by atoms with Gasteiger partial charge in [-0.15, -0.1) is 0 Å². The Morgan fingerprint density at radius 2 is 2.12 bits per heavy atom. The van der Waals surface area contributed by atoms with E-state index < -0.39 is 18.1 Å². The highest BCUT2D eigenvalue weighted by Gasteiger charge is 2.24. The van der Waals surface area contributed by atoms with E-state index in [1.54, 1.807) is 18.2 Å². The minimum absolute atomic E-state index is 0.0757. The summed E-state index contributed by atoms with van der Waals surface area (Å²) in [5.41, 5.74) is 13.4. The molecular weight excluding hydrogens is 222 g/mol. The predicted molar refractivity (Wildman–Crippen MR) is 61.3 cm³/mol. The molecule has 0 spiro atoms. The van der Waals surface area contributed by atoms with E-state index in [0.29, 0.717) is 5.56 Å². The molecule has 1 aromatic carbocycles. The summed E-state index contributed by atoms with van der Waals surface area (Å²) in [6.07, 6.45) is 0.290. The Morgan fingerprint density at radius 1 is 1.41 bits per heavy atom. The molecule has 0 aromatic heterocycles. The molecule has 0 fully saturated rings. The smallest absolute Gasteiger partial charge is 0.322 e. The summed E-state index contributed by atoms with van der Waals surface area (Å²) in [4.78, 5) is 21.9. The normalized spacial score (nSPS) is 17.2. The molecular formula is C11H13N3O3. The molecule has 2 unspecified atom stereocenters. The summed E-state index contributed by atoms with van der Waals surface area (Å²) in [6, 6.07) is 3.18. The van der Waals surface area contributed by atoms with Crippen LogP contribution in [0.1, 0.15) is 17.2 Å². The molecule has 0 saturated heterocycles. The van der Waals surface area contributed by atoms with Gasteiger partial charge < -0.3 is 21.9 Å². The van der Waals surface area contributed by atoms with E-state index in [-0.39, 0.29) is 12.3 Å². The van der Waals surface area contributed by atoms with Gasteiger partial charge in [-0.25, -0.2) is 0 Å². The maximum atomic E-state index is 11.2. The average Bonchev–Trinajstić information content (AvgIpc) is 2.65. The van der Waals surface area contributed by atoms with Gasteiger partial charge in [0, 0.05) is 5.69 Å². The van der Waals surface area contributed by atoms with Crippen LogP contribution in [0, 0.1) is 0 Å². The van der Waals surface area contributed by atoms with E-state index in [9.17, 15) is 9.59 Å². The third kappa shape index (κ3) is 2.13. The first-order chi connectivity index (χ1) is 7.99. The Morgan fingerprint density at radius 3 is 2.76 bits per heavy atom. The van der Waals surface area contributed by atoms with Crippen molar-refractivity contribution < 1.29 is 14.7 Å². The van der Waals surface area contributed by atoms with Crippen molar-refractivity contribution >= 4 is 17.6 Å². The molecule has 17 heavy (non-hydrogen) atoms. The van der Waals surface area contributed by atoms with E-state index in [1.165, 1.54) is 0 Å². The van der Waals surface area contributed by atoms with Crippen molar-refractivity contribution in [3.63, 3.8) is 0 Å². The molecule has 1 aliphatic heterocycles. The molecule has 2 rings (SSSR count). The second kappa shape index (κ2) is 4.15. The van der Waals surface area contributed by atoms with Gasteiger partial charge >= 0.3 is 5.97 Å². The van der Waals surface area contributed by atoms with Crippen LogP contribution in [0.25, 0.3) is 0 Å². The van der Waals surface area contributed by atoms with Gasteiger partial charge in [0.05, 0.1) is 12.5 Å². The maximum Gasteiger partial charge on any atom is 0.322 e. The molecule has 6 heteroatoms. The summed E-state index contributed by atoms with van der Waals surface area (Å²) in [5.74, 6) is -1.22. The van der Waals surface area contributed by atoms with E-state index in [0.717, 1.165) is 11.3 Å². The van der Waals surface area contributed by atoms with Gasteiger partial charge in [0.1, 0.15) is 6.04 Å². The Hall–Kier alpha value is -1.92. The lowest BCUT2D eigenvalue weighted by atomic mass is 9.98. The third-order valence-corrected chi connectivity index (χ3v) is 2.81. The Bertz CT molecular complexity index is 487. The van der Waals surface area contributed by atoms with Gasteiger partial charge in [0.2, 0.25) is 5.91 Å². The zero-order chi connectivity index (χ0) is 12.6. The quantitative estimate of drug-likeness (QED) is 0.568. The van der Waals surface area contributed by atoms with Crippen molar-refractivity contribution in [3.05, 3.63) is 29.3 Å². The predicted octanol–water partition coefficient (Wildman–Crippen LogP) is -0.407. The highest BCUT2D eigenvalue weighted by Crippen LogP contribution is 2.26. The lowest BCUT2D eigenvalue weighted by Gasteiger charge is -2.17. The van der Waals surface area contributed by atoms with Gasteiger partial charge in [-0.1, -0.05) is 12.1 Å². The number of anilines is 1. The van der Waals surface area contributed by atoms with E-state index in [2.05, 4.69) is 5.32 Å². The van der Waals surface area contributed by atoms with Crippen molar-refractivity contribution in [1.29, 1.82) is 0 Å². The van der Waals surface area contributed by atoms with Gasteiger partial charge in [-0.05, 0) is 17.2 Å². The van der Waals surface area contributed by atoms with E-state index in [1.807, 2.05) is 0 Å². The second-order valence-electron chi connectivity index (χ2n) is 4.03. The molecule has 0 aliphatic carbocycles. The van der Waals surface area contributed by atoms with Crippen LogP contribution in [-0.2, 0) is 16.0 Å². The monoisotopic (exact) mass is 235 g/mol. The lowest BCUT2D eigenvalue weighted by Crippen LogP contribution is -2.40. The number of nitrogens with one attached hydrogen (secondary N) is 1. The number of nitrogens with two attached hydrogens (primary N) is 2. The third-order valence-electron chi connectivity index (χ3n) is 2.81. The molecule has 6 N–H and O–H groups in total. The number of carboxylic acid groups (broad SMARTS) is 1. The zero-order valence-corrected chi connectivity index (χ0v) is 9.01. The molecule has 0 saturated carbocycles. The molecule has 0 radical (unpaired) electrons. The SMILES string of the molecule is NC(C(=O)O)C(N)c1ccc2c(c1)CC(=O)N2. The molecule has 1 aliphatic rings. The largest absolute Gasteiger partial charge is 0.480 e. The summed E-state index contributed by atoms with van der Waals surface area (Å²) in [7, 11) is 0. The number of fused-ring (bicyclic) bond motifs is 1. The summed E-state index contributed by atoms with van der Waals surface area (Å²) in [6.45, 7) is 0. The number of rotatable bonds is 3. The molecule has 0 bridgehead atoms. The fourth-order valence-corrected chi connectivity index (χ4v) is 1.82. The van der Waals surface area contributed by atoms with Crippen LogP contribution < -0.4 is 16.8 Å². The number of hydrogen-bond donors (Lipinski definition) is 4. The van der Waals surface area contributed by atoms with Gasteiger partial charge in [0.15, 0.2) is 0 Å². The summed E-state index contributed by atoms with van der Waals surface area (Å²) in [5, 5.41) is 11.5. The second-order valence-corrected chi connectivity index (χ2v) is 4.03. The molecule has 90 valence electrons. The highest BCUT2D eigenvalue weighted by atomic mass is 16.4. The molecule has 2 atom stereocenters. The number of carbonyl (C=O) groups excluding carboxylic acids is 1. The molecule has 1 amide bonds. The first kappa shape index (κ1) is 11.6. The fourth-order valence-electron chi connectivity index (χ4n) is 1.82. The number of benzene rings is 1. The van der Waals surface area contributed by atoms with Crippen molar-refractivity contribution in [2.24, 2.45) is 11.5 Å². The van der Waals surface area contributed by atoms with Crippen LogP contribution >= 0.6 is 0 Å². The standard InChI is InChI=1S/C11H13N3O3/c12-9(10(13)11(16)17)5-1-2-7-6(3-5)4-8(15)14-7/h1-3,9-10H,4,12-13H2,(H,14,15)(H,16,17). The molecule has 1 aromatic rings. The summed E-state index contributed by atoms with van der Waals surface area (Å²) < 4.78 is 0.